The molecule has 2 N–H and O–H groups in total. The Kier molecular flexibility index (Phi) is 5.29. The van der Waals surface area contributed by atoms with E-state index in [4.69, 9.17) is 4.74 Å². The molecule has 18 heavy (non-hydrogen) atoms. The first-order chi connectivity index (χ1) is 8.79. The van der Waals surface area contributed by atoms with Gasteiger partial charge in [0.15, 0.2) is 0 Å². The number of hydrogen-bond donors (Lipinski definition) is 2. The molecule has 2 rings (SSSR count). The maximum absolute atomic E-state index is 11.9. The van der Waals surface area contributed by atoms with Crippen LogP contribution in [-0.4, -0.2) is 31.3 Å². The molecule has 2 saturated carbocycles. The maximum atomic E-state index is 11.9. The SMILES string of the molecule is CNC1CCCCC1OC(=O)NC1CCCCC1. The van der Waals surface area contributed by atoms with Crippen LogP contribution in [0.15, 0.2) is 0 Å². The molecular formula is C14H26N2O2. The van der Waals surface area contributed by atoms with Gasteiger partial charge in [-0.2, -0.15) is 0 Å². The van der Waals surface area contributed by atoms with Crippen LogP contribution in [0.1, 0.15) is 57.8 Å². The molecule has 0 radical (unpaired) electrons. The first-order valence-electron chi connectivity index (χ1n) is 7.44. The van der Waals surface area contributed by atoms with Crippen molar-refractivity contribution >= 4 is 6.09 Å². The number of alkyl carbamates (subject to hydrolysis) is 1. The highest BCUT2D eigenvalue weighted by Gasteiger charge is 2.27. The minimum Gasteiger partial charge on any atom is -0.445 e. The molecule has 0 spiro atoms. The van der Waals surface area contributed by atoms with Crippen molar-refractivity contribution in [2.45, 2.75) is 76.0 Å². The molecular weight excluding hydrogens is 228 g/mol. The Bertz CT molecular complexity index is 265. The van der Waals surface area contributed by atoms with Crippen LogP contribution < -0.4 is 10.6 Å². The van der Waals surface area contributed by atoms with Crippen molar-refractivity contribution in [1.82, 2.24) is 10.6 Å². The van der Waals surface area contributed by atoms with Crippen molar-refractivity contribution in [1.29, 1.82) is 0 Å². The van der Waals surface area contributed by atoms with Crippen LogP contribution in [0.5, 0.6) is 0 Å². The van der Waals surface area contributed by atoms with Gasteiger partial charge in [-0.1, -0.05) is 25.7 Å². The van der Waals surface area contributed by atoms with E-state index < -0.39 is 0 Å². The Labute approximate surface area is 110 Å². The van der Waals surface area contributed by atoms with Crippen molar-refractivity contribution < 1.29 is 9.53 Å². The Morgan fingerprint density at radius 3 is 2.39 bits per heavy atom. The van der Waals surface area contributed by atoms with Gasteiger partial charge in [0.25, 0.3) is 0 Å². The normalized spacial score (nSPS) is 29.8. The molecule has 2 unspecified atom stereocenters. The van der Waals surface area contributed by atoms with Gasteiger partial charge in [0, 0.05) is 12.1 Å². The Balaban J connectivity index is 1.75. The first-order valence-corrected chi connectivity index (χ1v) is 7.44. The molecule has 2 fully saturated rings. The molecule has 0 aromatic carbocycles. The minimum absolute atomic E-state index is 0.0485. The van der Waals surface area contributed by atoms with E-state index in [1.807, 2.05) is 7.05 Å². The fraction of sp³-hybridized carbons (Fsp3) is 0.929. The summed E-state index contributed by atoms with van der Waals surface area (Å²) in [6.07, 6.45) is 10.3. The average Bonchev–Trinajstić information content (AvgIpc) is 2.40. The molecule has 0 aromatic rings. The predicted molar refractivity (Wildman–Crippen MR) is 71.6 cm³/mol. The van der Waals surface area contributed by atoms with Gasteiger partial charge in [-0.05, 0) is 39.2 Å². The van der Waals surface area contributed by atoms with E-state index in [0.717, 1.165) is 25.7 Å². The van der Waals surface area contributed by atoms with Gasteiger partial charge in [0.1, 0.15) is 6.10 Å². The fourth-order valence-corrected chi connectivity index (χ4v) is 3.15. The predicted octanol–water partition coefficient (Wildman–Crippen LogP) is 2.58. The highest BCUT2D eigenvalue weighted by atomic mass is 16.6. The van der Waals surface area contributed by atoms with Gasteiger partial charge in [0.05, 0.1) is 0 Å². The standard InChI is InChI=1S/C14H26N2O2/c1-15-12-9-5-6-10-13(12)18-14(17)16-11-7-3-2-4-8-11/h11-13,15H,2-10H2,1H3,(H,16,17). The summed E-state index contributed by atoms with van der Waals surface area (Å²) in [5.41, 5.74) is 0. The van der Waals surface area contributed by atoms with Crippen molar-refractivity contribution in [2.75, 3.05) is 7.05 Å². The van der Waals surface area contributed by atoms with Crippen LogP contribution in [0.2, 0.25) is 0 Å². The Hall–Kier alpha value is -0.770. The summed E-state index contributed by atoms with van der Waals surface area (Å²) in [6.45, 7) is 0. The maximum Gasteiger partial charge on any atom is 0.407 e. The molecule has 2 aliphatic rings. The van der Waals surface area contributed by atoms with Crippen LogP contribution in [0.4, 0.5) is 4.79 Å². The van der Waals surface area contributed by atoms with Crippen LogP contribution >= 0.6 is 0 Å². The average molecular weight is 254 g/mol. The number of carbonyl (C=O) groups excluding carboxylic acids is 1. The molecule has 0 saturated heterocycles. The molecule has 0 bridgehead atoms. The van der Waals surface area contributed by atoms with Gasteiger partial charge in [0.2, 0.25) is 0 Å². The van der Waals surface area contributed by atoms with E-state index in [9.17, 15) is 4.79 Å². The lowest BCUT2D eigenvalue weighted by atomic mass is 9.92. The molecule has 104 valence electrons. The number of amides is 1. The Morgan fingerprint density at radius 2 is 1.67 bits per heavy atom. The highest BCUT2D eigenvalue weighted by molar-refractivity contribution is 5.67. The minimum atomic E-state index is -0.214. The van der Waals surface area contributed by atoms with Crippen LogP contribution in [0, 0.1) is 0 Å². The lowest BCUT2D eigenvalue weighted by molar-refractivity contribution is 0.0515. The van der Waals surface area contributed by atoms with Gasteiger partial charge in [-0.25, -0.2) is 4.79 Å². The summed E-state index contributed by atoms with van der Waals surface area (Å²) in [7, 11) is 1.95. The highest BCUT2D eigenvalue weighted by Crippen LogP contribution is 2.22. The first kappa shape index (κ1) is 13.7. The number of ether oxygens (including phenoxy) is 1. The summed E-state index contributed by atoms with van der Waals surface area (Å²) in [5.74, 6) is 0. The number of carbonyl (C=O) groups is 1. The zero-order valence-electron chi connectivity index (χ0n) is 11.4. The van der Waals surface area contributed by atoms with Gasteiger partial charge in [-0.15, -0.1) is 0 Å². The van der Waals surface area contributed by atoms with Crippen LogP contribution in [0.3, 0.4) is 0 Å². The fourth-order valence-electron chi connectivity index (χ4n) is 3.15. The van der Waals surface area contributed by atoms with Crippen molar-refractivity contribution in [3.63, 3.8) is 0 Å². The second kappa shape index (κ2) is 6.98. The van der Waals surface area contributed by atoms with E-state index in [-0.39, 0.29) is 12.2 Å². The monoisotopic (exact) mass is 254 g/mol. The lowest BCUT2D eigenvalue weighted by Gasteiger charge is -2.31. The molecule has 4 heteroatoms. The third-order valence-corrected chi connectivity index (χ3v) is 4.26. The van der Waals surface area contributed by atoms with E-state index in [0.29, 0.717) is 12.1 Å². The van der Waals surface area contributed by atoms with E-state index in [2.05, 4.69) is 10.6 Å². The summed E-state index contributed by atoms with van der Waals surface area (Å²) >= 11 is 0. The van der Waals surface area contributed by atoms with E-state index in [1.165, 1.54) is 32.1 Å². The van der Waals surface area contributed by atoms with Gasteiger partial charge >= 0.3 is 6.09 Å². The summed E-state index contributed by atoms with van der Waals surface area (Å²) in [6, 6.07) is 0.665. The number of rotatable bonds is 3. The quantitative estimate of drug-likeness (QED) is 0.814. The third kappa shape index (κ3) is 3.87. The third-order valence-electron chi connectivity index (χ3n) is 4.26. The molecule has 4 nitrogen and oxygen atoms in total. The van der Waals surface area contributed by atoms with Crippen LogP contribution in [0.25, 0.3) is 0 Å². The summed E-state index contributed by atoms with van der Waals surface area (Å²) < 4.78 is 5.59. The molecule has 0 aromatic heterocycles. The number of likely N-dealkylation sites (N-methyl/N-ethyl adjacent to an activating group) is 1. The zero-order chi connectivity index (χ0) is 12.8. The largest absolute Gasteiger partial charge is 0.445 e. The van der Waals surface area contributed by atoms with Crippen molar-refractivity contribution in [3.8, 4) is 0 Å². The topological polar surface area (TPSA) is 50.4 Å². The zero-order valence-corrected chi connectivity index (χ0v) is 11.4. The molecule has 2 atom stereocenters. The van der Waals surface area contributed by atoms with Crippen LogP contribution in [-0.2, 0) is 4.74 Å². The number of nitrogens with one attached hydrogen (secondary N) is 2. The number of hydrogen-bond acceptors (Lipinski definition) is 3. The second-order valence-corrected chi connectivity index (χ2v) is 5.60. The summed E-state index contributed by atoms with van der Waals surface area (Å²) in [4.78, 5) is 11.9. The molecule has 0 heterocycles. The van der Waals surface area contributed by atoms with Crippen molar-refractivity contribution in [3.05, 3.63) is 0 Å². The molecule has 0 aliphatic heterocycles. The van der Waals surface area contributed by atoms with E-state index >= 15 is 0 Å². The summed E-state index contributed by atoms with van der Waals surface area (Å²) in [5, 5.41) is 6.28. The smallest absolute Gasteiger partial charge is 0.407 e. The second-order valence-electron chi connectivity index (χ2n) is 5.60. The van der Waals surface area contributed by atoms with Gasteiger partial charge in [-0.3, -0.25) is 0 Å². The van der Waals surface area contributed by atoms with Crippen molar-refractivity contribution in [2.24, 2.45) is 0 Å². The molecule has 1 amide bonds. The van der Waals surface area contributed by atoms with Gasteiger partial charge < -0.3 is 15.4 Å². The van der Waals surface area contributed by atoms with E-state index in [1.54, 1.807) is 0 Å². The Morgan fingerprint density at radius 1 is 1.00 bits per heavy atom. The molecule has 2 aliphatic carbocycles. The lowest BCUT2D eigenvalue weighted by Crippen LogP contribution is -2.46.